The van der Waals surface area contributed by atoms with Gasteiger partial charge in [0.2, 0.25) is 0 Å². The summed E-state index contributed by atoms with van der Waals surface area (Å²) in [5, 5.41) is 5.66. The molecule has 0 bridgehead atoms. The second-order valence-electron chi connectivity index (χ2n) is 14.0. The predicted molar refractivity (Wildman–Crippen MR) is 236 cm³/mol. The Morgan fingerprint density at radius 2 is 1.00 bits per heavy atom. The molecule has 0 saturated carbocycles. The Hall–Kier alpha value is -7.13. The first-order chi connectivity index (χ1) is 28.2. The lowest BCUT2D eigenvalue weighted by Crippen LogP contribution is -2.00. The summed E-state index contributed by atoms with van der Waals surface area (Å²) in [6.45, 7) is 0. The maximum Gasteiger partial charge on any atom is 0.180 e. The van der Waals surface area contributed by atoms with Crippen molar-refractivity contribution in [3.63, 3.8) is 0 Å². The molecule has 0 N–H and O–H groups in total. The molecule has 0 atom stereocenters. The first kappa shape index (κ1) is 32.1. The Bertz CT molecular complexity index is 3540. The fourth-order valence-corrected chi connectivity index (χ4v) is 10.3. The van der Waals surface area contributed by atoms with Crippen molar-refractivity contribution in [1.82, 2.24) is 24.9 Å². The van der Waals surface area contributed by atoms with E-state index in [1.165, 1.54) is 20.2 Å². The Labute approximate surface area is 333 Å². The predicted octanol–water partition coefficient (Wildman–Crippen LogP) is 13.6. The van der Waals surface area contributed by atoms with Gasteiger partial charge in [0.1, 0.15) is 16.8 Å². The van der Waals surface area contributed by atoms with Gasteiger partial charge in [0, 0.05) is 73.5 Å². The molecule has 0 spiro atoms. The van der Waals surface area contributed by atoms with Gasteiger partial charge >= 0.3 is 0 Å². The van der Waals surface area contributed by atoms with E-state index in [0.717, 1.165) is 70.2 Å². The lowest BCUT2D eigenvalue weighted by atomic mass is 10.0. The molecule has 6 nitrogen and oxygen atoms in total. The number of aromatic nitrogens is 5. The molecule has 7 aromatic carbocycles. The average Bonchev–Trinajstić information content (AvgIpc) is 3.98. The number of thiophene rings is 2. The van der Waals surface area contributed by atoms with Crippen molar-refractivity contribution in [2.24, 2.45) is 0 Å². The Morgan fingerprint density at radius 1 is 0.386 bits per heavy atom. The van der Waals surface area contributed by atoms with Crippen LogP contribution in [0.25, 0.3) is 119 Å². The molecule has 57 heavy (non-hydrogen) atoms. The van der Waals surface area contributed by atoms with E-state index in [9.17, 15) is 0 Å². The van der Waals surface area contributed by atoms with Crippen molar-refractivity contribution in [2.75, 3.05) is 0 Å². The molecule has 0 unspecified atom stereocenters. The number of hydrogen-bond donors (Lipinski definition) is 0. The smallest absolute Gasteiger partial charge is 0.180 e. The number of para-hydroxylation sites is 1. The molecular formula is C49H27N5OS2. The zero-order chi connectivity index (χ0) is 37.5. The highest BCUT2D eigenvalue weighted by molar-refractivity contribution is 7.26. The zero-order valence-electron chi connectivity index (χ0n) is 30.0. The lowest BCUT2D eigenvalue weighted by molar-refractivity contribution is 0.667. The molecule has 266 valence electrons. The third kappa shape index (κ3) is 5.19. The van der Waals surface area contributed by atoms with Crippen LogP contribution in [0.1, 0.15) is 0 Å². The molecule has 0 fully saturated rings. The quantitative estimate of drug-likeness (QED) is 0.174. The van der Waals surface area contributed by atoms with Crippen LogP contribution >= 0.6 is 22.7 Å². The SMILES string of the molecule is c1ccc(-c2nc(-c3ccc4c(c3)sc3ccccc34)nc(-c3cccc4sc5c(-c6nc(-c7ccccc7)nc7c6oc6ccccc67)cccc5c34)n2)cc1. The van der Waals surface area contributed by atoms with Gasteiger partial charge in [-0.05, 0) is 30.3 Å². The number of rotatable bonds is 5. The van der Waals surface area contributed by atoms with Crippen molar-refractivity contribution in [3.05, 3.63) is 164 Å². The van der Waals surface area contributed by atoms with Gasteiger partial charge in [-0.25, -0.2) is 24.9 Å². The van der Waals surface area contributed by atoms with Crippen molar-refractivity contribution in [1.29, 1.82) is 0 Å². The third-order valence-electron chi connectivity index (χ3n) is 10.6. The zero-order valence-corrected chi connectivity index (χ0v) is 31.7. The van der Waals surface area contributed by atoms with Crippen molar-refractivity contribution < 1.29 is 4.42 Å². The van der Waals surface area contributed by atoms with E-state index >= 15 is 0 Å². The normalized spacial score (nSPS) is 11.9. The van der Waals surface area contributed by atoms with Crippen LogP contribution in [0, 0.1) is 0 Å². The maximum atomic E-state index is 6.55. The molecule has 0 radical (unpaired) electrons. The third-order valence-corrected chi connectivity index (χ3v) is 12.9. The van der Waals surface area contributed by atoms with Gasteiger partial charge in [0.15, 0.2) is 28.9 Å². The Morgan fingerprint density at radius 3 is 1.82 bits per heavy atom. The molecule has 0 aliphatic heterocycles. The van der Waals surface area contributed by atoms with Crippen LogP contribution in [0.4, 0.5) is 0 Å². The fraction of sp³-hybridized carbons (Fsp3) is 0. The number of fused-ring (bicyclic) bond motifs is 9. The molecule has 5 aromatic heterocycles. The van der Waals surface area contributed by atoms with Crippen LogP contribution in [-0.4, -0.2) is 24.9 Å². The van der Waals surface area contributed by atoms with Crippen molar-refractivity contribution in [3.8, 4) is 56.8 Å². The Balaban J connectivity index is 1.08. The van der Waals surface area contributed by atoms with E-state index in [1.807, 2.05) is 66.7 Å². The summed E-state index contributed by atoms with van der Waals surface area (Å²) in [6.07, 6.45) is 0. The van der Waals surface area contributed by atoms with E-state index in [2.05, 4.69) is 97.1 Å². The lowest BCUT2D eigenvalue weighted by Gasteiger charge is -2.10. The highest BCUT2D eigenvalue weighted by Crippen LogP contribution is 2.46. The van der Waals surface area contributed by atoms with Gasteiger partial charge in [-0.1, -0.05) is 133 Å². The summed E-state index contributed by atoms with van der Waals surface area (Å²) in [5.41, 5.74) is 7.78. The number of nitrogens with zero attached hydrogens (tertiary/aromatic N) is 5. The monoisotopic (exact) mass is 765 g/mol. The van der Waals surface area contributed by atoms with E-state index in [4.69, 9.17) is 29.3 Å². The van der Waals surface area contributed by atoms with Gasteiger partial charge in [-0.15, -0.1) is 22.7 Å². The minimum atomic E-state index is 0.624. The summed E-state index contributed by atoms with van der Waals surface area (Å²) >= 11 is 3.53. The van der Waals surface area contributed by atoms with Crippen molar-refractivity contribution in [2.45, 2.75) is 0 Å². The second kappa shape index (κ2) is 12.7. The summed E-state index contributed by atoms with van der Waals surface area (Å²) in [4.78, 5) is 25.8. The highest BCUT2D eigenvalue weighted by atomic mass is 32.1. The van der Waals surface area contributed by atoms with E-state index < -0.39 is 0 Å². The summed E-state index contributed by atoms with van der Waals surface area (Å²) in [6, 6.07) is 56.3. The first-order valence-corrected chi connectivity index (χ1v) is 20.3. The van der Waals surface area contributed by atoms with Gasteiger partial charge < -0.3 is 4.42 Å². The van der Waals surface area contributed by atoms with Crippen LogP contribution < -0.4 is 0 Å². The number of furan rings is 1. The standard InChI is InChI=1S/C49H27N5OS2/c1-3-13-28(14-4-1)46-50-42-33-18-7-9-22-37(33)55-44(42)43(51-46)36-21-11-19-34-41-35(20-12-24-39(41)57-45(34)36)49-53-47(29-15-5-2-6-16-29)52-48(54-49)30-25-26-32-31-17-8-10-23-38(31)56-40(32)27-30/h1-27H. The minimum Gasteiger partial charge on any atom is -0.452 e. The molecule has 8 heteroatoms. The van der Waals surface area contributed by atoms with Gasteiger partial charge in [0.25, 0.3) is 0 Å². The fourth-order valence-electron chi connectivity index (χ4n) is 7.92. The Kier molecular flexibility index (Phi) is 7.17. The van der Waals surface area contributed by atoms with Gasteiger partial charge in [-0.2, -0.15) is 0 Å². The maximum absolute atomic E-state index is 6.55. The molecule has 5 heterocycles. The summed E-state index contributed by atoms with van der Waals surface area (Å²) in [5.74, 6) is 2.55. The molecule has 12 rings (SSSR count). The van der Waals surface area contributed by atoms with Crippen LogP contribution in [-0.2, 0) is 0 Å². The topological polar surface area (TPSA) is 77.6 Å². The van der Waals surface area contributed by atoms with Gasteiger partial charge in [-0.3, -0.25) is 0 Å². The minimum absolute atomic E-state index is 0.624. The molecule has 12 aromatic rings. The molecule has 0 amide bonds. The van der Waals surface area contributed by atoms with Crippen LogP contribution in [0.5, 0.6) is 0 Å². The second-order valence-corrected chi connectivity index (χ2v) is 16.1. The number of hydrogen-bond acceptors (Lipinski definition) is 8. The number of benzene rings is 7. The molecule has 0 saturated heterocycles. The molecule has 0 aliphatic rings. The van der Waals surface area contributed by atoms with E-state index in [-0.39, 0.29) is 0 Å². The molecule has 0 aliphatic carbocycles. The molecular weight excluding hydrogens is 739 g/mol. The van der Waals surface area contributed by atoms with Gasteiger partial charge in [0.05, 0.1) is 0 Å². The van der Waals surface area contributed by atoms with E-state index in [1.54, 1.807) is 22.7 Å². The van der Waals surface area contributed by atoms with E-state index in [0.29, 0.717) is 28.9 Å². The first-order valence-electron chi connectivity index (χ1n) is 18.7. The highest BCUT2D eigenvalue weighted by Gasteiger charge is 2.23. The van der Waals surface area contributed by atoms with Crippen molar-refractivity contribution >= 4 is 85.1 Å². The summed E-state index contributed by atoms with van der Waals surface area (Å²) < 4.78 is 11.3. The average molecular weight is 766 g/mol. The summed E-state index contributed by atoms with van der Waals surface area (Å²) in [7, 11) is 0. The van der Waals surface area contributed by atoms with Crippen LogP contribution in [0.3, 0.4) is 0 Å². The van der Waals surface area contributed by atoms with Crippen LogP contribution in [0.2, 0.25) is 0 Å². The van der Waals surface area contributed by atoms with Crippen LogP contribution in [0.15, 0.2) is 168 Å². The largest absolute Gasteiger partial charge is 0.452 e.